The second-order valence-corrected chi connectivity index (χ2v) is 8.19. The van der Waals surface area contributed by atoms with E-state index < -0.39 is 0 Å². The topological polar surface area (TPSA) is 97.8 Å². The minimum Gasteiger partial charge on any atom is -0.497 e. The van der Waals surface area contributed by atoms with Gasteiger partial charge in [-0.1, -0.05) is 12.1 Å². The molecule has 3 heterocycles. The zero-order valence-corrected chi connectivity index (χ0v) is 18.8. The van der Waals surface area contributed by atoms with Gasteiger partial charge in [-0.25, -0.2) is 4.98 Å². The van der Waals surface area contributed by atoms with E-state index in [1.54, 1.807) is 48.1 Å². The zero-order valence-electron chi connectivity index (χ0n) is 18.0. The van der Waals surface area contributed by atoms with Crippen LogP contribution in [-0.4, -0.2) is 28.8 Å². The summed E-state index contributed by atoms with van der Waals surface area (Å²) < 4.78 is 15.8. The zero-order chi connectivity index (χ0) is 23.0. The Labute approximate surface area is 194 Å². The molecular weight excluding hydrogens is 442 g/mol. The third-order valence-electron chi connectivity index (χ3n) is 4.91. The first-order valence-corrected chi connectivity index (χ1v) is 11.2. The van der Waals surface area contributed by atoms with Crippen molar-refractivity contribution in [1.82, 2.24) is 15.2 Å². The van der Waals surface area contributed by atoms with Crippen LogP contribution in [0.2, 0.25) is 0 Å². The number of benzene rings is 1. The van der Waals surface area contributed by atoms with E-state index in [2.05, 4.69) is 10.3 Å². The third-order valence-corrected chi connectivity index (χ3v) is 5.74. The Morgan fingerprint density at radius 1 is 1.03 bits per heavy atom. The lowest BCUT2D eigenvalue weighted by atomic mass is 10.1. The summed E-state index contributed by atoms with van der Waals surface area (Å²) in [4.78, 5) is 31.6. The van der Waals surface area contributed by atoms with Crippen LogP contribution in [0, 0.1) is 0 Å². The molecule has 0 saturated carbocycles. The maximum atomic E-state index is 13.1. The summed E-state index contributed by atoms with van der Waals surface area (Å²) in [5.74, 6) is 1.70. The summed E-state index contributed by atoms with van der Waals surface area (Å²) in [6, 6.07) is 14.5. The monoisotopic (exact) mass is 465 g/mol. The lowest BCUT2D eigenvalue weighted by molar-refractivity contribution is -0.132. The number of carbonyl (C=O) groups excluding carboxylic acids is 2. The van der Waals surface area contributed by atoms with Gasteiger partial charge in [-0.2, -0.15) is 0 Å². The highest BCUT2D eigenvalue weighted by atomic mass is 32.1. The van der Waals surface area contributed by atoms with Crippen molar-refractivity contribution in [3.05, 3.63) is 94.2 Å². The number of amides is 2. The molecule has 0 aliphatic carbocycles. The Hall–Kier alpha value is -3.85. The van der Waals surface area contributed by atoms with E-state index in [4.69, 9.17) is 13.6 Å². The summed E-state index contributed by atoms with van der Waals surface area (Å²) in [6.45, 7) is 0.858. The van der Waals surface area contributed by atoms with Crippen LogP contribution in [0.15, 0.2) is 75.3 Å². The second-order valence-electron chi connectivity index (χ2n) is 7.24. The summed E-state index contributed by atoms with van der Waals surface area (Å²) in [6.07, 6.45) is 3.36. The Balaban J connectivity index is 1.42. The van der Waals surface area contributed by atoms with Crippen molar-refractivity contribution >= 4 is 23.2 Å². The molecule has 9 heteroatoms. The molecule has 0 aliphatic rings. The minimum absolute atomic E-state index is 0.0735. The summed E-state index contributed by atoms with van der Waals surface area (Å²) >= 11 is 1.33. The quantitative estimate of drug-likeness (QED) is 0.380. The Morgan fingerprint density at radius 3 is 2.42 bits per heavy atom. The first-order valence-electron chi connectivity index (χ1n) is 10.3. The van der Waals surface area contributed by atoms with Gasteiger partial charge in [-0.05, 0) is 42.0 Å². The van der Waals surface area contributed by atoms with Crippen molar-refractivity contribution in [3.8, 4) is 5.75 Å². The molecular formula is C24H23N3O5S. The van der Waals surface area contributed by atoms with Crippen molar-refractivity contribution < 1.29 is 23.2 Å². The number of hydrogen-bond donors (Lipinski definition) is 1. The Kier molecular flexibility index (Phi) is 7.21. The van der Waals surface area contributed by atoms with Crippen molar-refractivity contribution in [3.63, 3.8) is 0 Å². The molecule has 0 spiro atoms. The van der Waals surface area contributed by atoms with E-state index in [1.165, 1.54) is 11.3 Å². The van der Waals surface area contributed by atoms with Crippen molar-refractivity contribution in [2.75, 3.05) is 7.11 Å². The molecule has 0 unspecified atom stereocenters. The number of furan rings is 2. The fraction of sp³-hybridized carbons (Fsp3) is 0.208. The van der Waals surface area contributed by atoms with Crippen LogP contribution in [0.3, 0.4) is 0 Å². The number of methoxy groups -OCH3 is 1. The number of nitrogens with one attached hydrogen (secondary N) is 1. The molecule has 1 aromatic carbocycles. The first-order chi connectivity index (χ1) is 16.1. The highest BCUT2D eigenvalue weighted by Crippen LogP contribution is 2.18. The minimum atomic E-state index is -0.295. The van der Waals surface area contributed by atoms with Crippen LogP contribution < -0.4 is 10.1 Å². The van der Waals surface area contributed by atoms with Gasteiger partial charge in [0.25, 0.3) is 5.91 Å². The Bertz CT molecular complexity index is 1170. The molecule has 0 radical (unpaired) electrons. The number of carbonyl (C=O) groups is 2. The Morgan fingerprint density at radius 2 is 1.76 bits per heavy atom. The molecule has 0 aliphatic heterocycles. The van der Waals surface area contributed by atoms with Gasteiger partial charge in [0, 0.05) is 5.38 Å². The lowest BCUT2D eigenvalue weighted by Crippen LogP contribution is -2.31. The highest BCUT2D eigenvalue weighted by Gasteiger charge is 2.19. The van der Waals surface area contributed by atoms with Gasteiger partial charge in [0.05, 0.1) is 45.7 Å². The van der Waals surface area contributed by atoms with E-state index >= 15 is 0 Å². The standard InChI is InChI=1S/C24H23N3O5S/c1-30-18-8-6-17(7-9-18)12-23(28)27(14-20-5-3-11-32-20)15-22-26-21(16-33-22)24(29)25-13-19-4-2-10-31-19/h2-11,16H,12-15H2,1H3,(H,25,29). The lowest BCUT2D eigenvalue weighted by Gasteiger charge is -2.21. The van der Waals surface area contributed by atoms with Crippen LogP contribution >= 0.6 is 11.3 Å². The van der Waals surface area contributed by atoms with Crippen molar-refractivity contribution in [2.24, 2.45) is 0 Å². The van der Waals surface area contributed by atoms with Crippen LogP contribution in [0.1, 0.15) is 32.6 Å². The average molecular weight is 466 g/mol. The summed E-state index contributed by atoms with van der Waals surface area (Å²) in [5.41, 5.74) is 1.18. The molecule has 0 fully saturated rings. The number of thiazole rings is 1. The number of nitrogens with zero attached hydrogens (tertiary/aromatic N) is 2. The van der Waals surface area contributed by atoms with E-state index in [0.29, 0.717) is 28.8 Å². The van der Waals surface area contributed by atoms with Gasteiger partial charge in [0.1, 0.15) is 28.0 Å². The molecule has 4 rings (SSSR count). The molecule has 1 N–H and O–H groups in total. The predicted molar refractivity (Wildman–Crippen MR) is 122 cm³/mol. The van der Waals surface area contributed by atoms with Gasteiger partial charge in [-0.3, -0.25) is 9.59 Å². The van der Waals surface area contributed by atoms with Crippen molar-refractivity contribution in [1.29, 1.82) is 0 Å². The average Bonchev–Trinajstić information content (AvgIpc) is 3.61. The van der Waals surface area contributed by atoms with Crippen LogP contribution in [0.25, 0.3) is 0 Å². The molecule has 8 nitrogen and oxygen atoms in total. The van der Waals surface area contributed by atoms with Crippen molar-refractivity contribution in [2.45, 2.75) is 26.1 Å². The van der Waals surface area contributed by atoms with Gasteiger partial charge in [-0.15, -0.1) is 11.3 Å². The van der Waals surface area contributed by atoms with Gasteiger partial charge >= 0.3 is 0 Å². The predicted octanol–water partition coefficient (Wildman–Crippen LogP) is 4.04. The smallest absolute Gasteiger partial charge is 0.271 e. The number of aromatic nitrogens is 1. The van der Waals surface area contributed by atoms with Gasteiger partial charge in [0.2, 0.25) is 5.91 Å². The van der Waals surface area contributed by atoms with E-state index in [1.807, 2.05) is 30.3 Å². The fourth-order valence-corrected chi connectivity index (χ4v) is 3.96. The molecule has 0 atom stereocenters. The van der Waals surface area contributed by atoms with Crippen LogP contribution in [-0.2, 0) is 30.8 Å². The normalized spacial score (nSPS) is 10.7. The van der Waals surface area contributed by atoms with E-state index in [9.17, 15) is 9.59 Å². The fourth-order valence-electron chi connectivity index (χ4n) is 3.17. The SMILES string of the molecule is COc1ccc(CC(=O)N(Cc2ccco2)Cc2nc(C(=O)NCc3ccco3)cs2)cc1. The van der Waals surface area contributed by atoms with Crippen LogP contribution in [0.4, 0.5) is 0 Å². The summed E-state index contributed by atoms with van der Waals surface area (Å²) in [5, 5.41) is 5.12. The first kappa shape index (κ1) is 22.3. The highest BCUT2D eigenvalue weighted by molar-refractivity contribution is 7.09. The number of rotatable bonds is 10. The van der Waals surface area contributed by atoms with E-state index in [-0.39, 0.29) is 31.3 Å². The molecule has 0 bridgehead atoms. The molecule has 0 saturated heterocycles. The number of ether oxygens (including phenoxy) is 1. The van der Waals surface area contributed by atoms with Gasteiger partial charge < -0.3 is 23.8 Å². The third kappa shape index (κ3) is 6.11. The van der Waals surface area contributed by atoms with Crippen LogP contribution in [0.5, 0.6) is 5.75 Å². The largest absolute Gasteiger partial charge is 0.497 e. The summed E-state index contributed by atoms with van der Waals surface area (Å²) in [7, 11) is 1.60. The molecule has 170 valence electrons. The molecule has 2 amide bonds. The van der Waals surface area contributed by atoms with Gasteiger partial charge in [0.15, 0.2) is 0 Å². The maximum absolute atomic E-state index is 13.1. The molecule has 4 aromatic rings. The second kappa shape index (κ2) is 10.6. The number of hydrogen-bond acceptors (Lipinski definition) is 7. The molecule has 3 aromatic heterocycles. The maximum Gasteiger partial charge on any atom is 0.271 e. The molecule has 33 heavy (non-hydrogen) atoms. The van der Waals surface area contributed by atoms with E-state index in [0.717, 1.165) is 11.3 Å².